The van der Waals surface area contributed by atoms with Gasteiger partial charge in [0.15, 0.2) is 0 Å². The summed E-state index contributed by atoms with van der Waals surface area (Å²) in [5, 5.41) is 14.0. The highest BCUT2D eigenvalue weighted by Gasteiger charge is 2.04. The molecule has 2 rings (SSSR count). The van der Waals surface area contributed by atoms with Crippen LogP contribution < -0.4 is 5.32 Å². The quantitative estimate of drug-likeness (QED) is 0.732. The molecule has 21 heavy (non-hydrogen) atoms. The van der Waals surface area contributed by atoms with Gasteiger partial charge >= 0.3 is 0 Å². The first-order chi connectivity index (χ1) is 10.2. The zero-order chi connectivity index (χ0) is 14.9. The summed E-state index contributed by atoms with van der Waals surface area (Å²) in [5.74, 6) is 0. The van der Waals surface area contributed by atoms with Crippen LogP contribution >= 0.6 is 11.6 Å². The van der Waals surface area contributed by atoms with Gasteiger partial charge in [-0.25, -0.2) is 0 Å². The van der Waals surface area contributed by atoms with Gasteiger partial charge in [-0.15, -0.1) is 0 Å². The van der Waals surface area contributed by atoms with Crippen molar-refractivity contribution in [3.05, 3.63) is 70.7 Å². The molecule has 0 amide bonds. The zero-order valence-electron chi connectivity index (χ0n) is 12.1. The molecule has 3 heteroatoms. The van der Waals surface area contributed by atoms with Crippen molar-refractivity contribution in [3.8, 4) is 0 Å². The maximum Gasteiger partial charge on any atom is 0.0667 e. The molecule has 2 N–H and O–H groups in total. The maximum absolute atomic E-state index is 9.96. The van der Waals surface area contributed by atoms with Gasteiger partial charge in [-0.3, -0.25) is 0 Å². The zero-order valence-corrected chi connectivity index (χ0v) is 12.9. The van der Waals surface area contributed by atoms with Gasteiger partial charge in [0.1, 0.15) is 0 Å². The van der Waals surface area contributed by atoms with Crippen molar-refractivity contribution in [3.63, 3.8) is 0 Å². The average Bonchev–Trinajstić information content (AvgIpc) is 2.52. The summed E-state index contributed by atoms with van der Waals surface area (Å²) in [4.78, 5) is 0. The van der Waals surface area contributed by atoms with Crippen molar-refractivity contribution < 1.29 is 5.11 Å². The fourth-order valence-electron chi connectivity index (χ4n) is 2.23. The average molecular weight is 304 g/mol. The van der Waals surface area contributed by atoms with Gasteiger partial charge in [0, 0.05) is 11.6 Å². The Morgan fingerprint density at radius 3 is 2.29 bits per heavy atom. The molecule has 2 aromatic rings. The first kappa shape index (κ1) is 16.0. The van der Waals surface area contributed by atoms with Gasteiger partial charge in [0.05, 0.1) is 6.10 Å². The standard InChI is InChI=1S/C18H22ClNO/c19-17-9-6-16(7-10-17)12-13-20-14-18(21)11-8-15-4-2-1-3-5-15/h1-7,9-10,18,20-21H,8,11-14H2. The Kier molecular flexibility index (Phi) is 6.74. The highest BCUT2D eigenvalue weighted by atomic mass is 35.5. The minimum absolute atomic E-state index is 0.296. The van der Waals surface area contributed by atoms with Gasteiger partial charge in [0.2, 0.25) is 0 Å². The first-order valence-electron chi connectivity index (χ1n) is 7.41. The monoisotopic (exact) mass is 303 g/mol. The number of rotatable bonds is 8. The van der Waals surface area contributed by atoms with Crippen LogP contribution in [0.1, 0.15) is 17.5 Å². The number of halogens is 1. The molecular weight excluding hydrogens is 282 g/mol. The molecule has 0 saturated carbocycles. The number of nitrogens with one attached hydrogen (secondary N) is 1. The summed E-state index contributed by atoms with van der Waals surface area (Å²) < 4.78 is 0. The third kappa shape index (κ3) is 6.30. The summed E-state index contributed by atoms with van der Waals surface area (Å²) >= 11 is 5.85. The lowest BCUT2D eigenvalue weighted by atomic mass is 10.1. The number of hydrogen-bond acceptors (Lipinski definition) is 2. The lowest BCUT2D eigenvalue weighted by molar-refractivity contribution is 0.162. The highest BCUT2D eigenvalue weighted by molar-refractivity contribution is 6.30. The van der Waals surface area contributed by atoms with E-state index in [0.717, 1.165) is 30.8 Å². The van der Waals surface area contributed by atoms with Crippen molar-refractivity contribution in [2.75, 3.05) is 13.1 Å². The molecule has 1 atom stereocenters. The topological polar surface area (TPSA) is 32.3 Å². The van der Waals surface area contributed by atoms with Gasteiger partial charge in [0.25, 0.3) is 0 Å². The number of hydrogen-bond donors (Lipinski definition) is 2. The maximum atomic E-state index is 9.96. The third-order valence-electron chi connectivity index (χ3n) is 3.49. The van der Waals surface area contributed by atoms with Crippen LogP contribution in [0, 0.1) is 0 Å². The summed E-state index contributed by atoms with van der Waals surface area (Å²) in [7, 11) is 0. The molecule has 0 radical (unpaired) electrons. The summed E-state index contributed by atoms with van der Waals surface area (Å²) in [6, 6.07) is 18.2. The van der Waals surface area contributed by atoms with Crippen molar-refractivity contribution in [1.29, 1.82) is 0 Å². The predicted octanol–water partition coefficient (Wildman–Crippen LogP) is 3.47. The Hall–Kier alpha value is -1.35. The fourth-order valence-corrected chi connectivity index (χ4v) is 2.36. The third-order valence-corrected chi connectivity index (χ3v) is 3.74. The predicted molar refractivity (Wildman–Crippen MR) is 88.8 cm³/mol. The molecule has 0 aliphatic rings. The second kappa shape index (κ2) is 8.83. The Labute approximate surface area is 131 Å². The van der Waals surface area contributed by atoms with Gasteiger partial charge in [-0.2, -0.15) is 0 Å². The van der Waals surface area contributed by atoms with Crippen LogP contribution in [0.4, 0.5) is 0 Å². The smallest absolute Gasteiger partial charge is 0.0667 e. The Morgan fingerprint density at radius 1 is 0.905 bits per heavy atom. The van der Waals surface area contributed by atoms with Gasteiger partial charge in [-0.05, 0) is 49.1 Å². The normalized spacial score (nSPS) is 12.3. The Morgan fingerprint density at radius 2 is 1.57 bits per heavy atom. The van der Waals surface area contributed by atoms with E-state index in [1.165, 1.54) is 11.1 Å². The molecule has 0 heterocycles. The summed E-state index contributed by atoms with van der Waals surface area (Å²) in [6.07, 6.45) is 2.36. The molecule has 2 nitrogen and oxygen atoms in total. The number of aliphatic hydroxyl groups is 1. The minimum Gasteiger partial charge on any atom is -0.392 e. The molecule has 0 spiro atoms. The van der Waals surface area contributed by atoms with Crippen molar-refractivity contribution in [2.45, 2.75) is 25.4 Å². The molecule has 0 aliphatic carbocycles. The molecular formula is C18H22ClNO. The fraction of sp³-hybridized carbons (Fsp3) is 0.333. The molecule has 0 fully saturated rings. The minimum atomic E-state index is -0.296. The number of benzene rings is 2. The van der Waals surface area contributed by atoms with Crippen LogP contribution in [0.2, 0.25) is 5.02 Å². The number of aryl methyl sites for hydroxylation is 1. The molecule has 0 aromatic heterocycles. The van der Waals surface area contributed by atoms with Crippen LogP contribution in [0.25, 0.3) is 0 Å². The van der Waals surface area contributed by atoms with E-state index in [9.17, 15) is 5.11 Å². The van der Waals surface area contributed by atoms with Gasteiger partial charge < -0.3 is 10.4 Å². The van der Waals surface area contributed by atoms with Crippen LogP contribution in [-0.2, 0) is 12.8 Å². The lowest BCUT2D eigenvalue weighted by Crippen LogP contribution is -2.28. The summed E-state index contributed by atoms with van der Waals surface area (Å²) in [5.41, 5.74) is 2.53. The van der Waals surface area contributed by atoms with Crippen LogP contribution in [0.5, 0.6) is 0 Å². The van der Waals surface area contributed by atoms with Gasteiger partial charge in [-0.1, -0.05) is 54.1 Å². The van der Waals surface area contributed by atoms with Crippen LogP contribution in [0.3, 0.4) is 0 Å². The van der Waals surface area contributed by atoms with Crippen LogP contribution in [-0.4, -0.2) is 24.3 Å². The molecule has 2 aromatic carbocycles. The molecule has 0 saturated heterocycles. The van der Waals surface area contributed by atoms with E-state index in [-0.39, 0.29) is 6.10 Å². The van der Waals surface area contributed by atoms with E-state index in [1.54, 1.807) is 0 Å². The van der Waals surface area contributed by atoms with E-state index >= 15 is 0 Å². The summed E-state index contributed by atoms with van der Waals surface area (Å²) in [6.45, 7) is 1.50. The van der Waals surface area contributed by atoms with Crippen molar-refractivity contribution in [2.24, 2.45) is 0 Å². The number of aliphatic hydroxyl groups excluding tert-OH is 1. The van der Waals surface area contributed by atoms with E-state index in [0.29, 0.717) is 6.54 Å². The lowest BCUT2D eigenvalue weighted by Gasteiger charge is -2.12. The Balaban J connectivity index is 1.59. The molecule has 0 bridgehead atoms. The SMILES string of the molecule is OC(CCc1ccccc1)CNCCc1ccc(Cl)cc1. The molecule has 0 aliphatic heterocycles. The van der Waals surface area contributed by atoms with E-state index in [1.807, 2.05) is 42.5 Å². The van der Waals surface area contributed by atoms with Crippen molar-refractivity contribution in [1.82, 2.24) is 5.32 Å². The molecule has 1 unspecified atom stereocenters. The van der Waals surface area contributed by atoms with Crippen LogP contribution in [0.15, 0.2) is 54.6 Å². The van der Waals surface area contributed by atoms with E-state index in [4.69, 9.17) is 11.6 Å². The van der Waals surface area contributed by atoms with E-state index < -0.39 is 0 Å². The highest BCUT2D eigenvalue weighted by Crippen LogP contribution is 2.09. The second-order valence-electron chi connectivity index (χ2n) is 5.26. The largest absolute Gasteiger partial charge is 0.392 e. The Bertz CT molecular complexity index is 513. The van der Waals surface area contributed by atoms with E-state index in [2.05, 4.69) is 17.4 Å². The van der Waals surface area contributed by atoms with Crippen molar-refractivity contribution >= 4 is 11.6 Å². The second-order valence-corrected chi connectivity index (χ2v) is 5.70. The molecule has 112 valence electrons. The first-order valence-corrected chi connectivity index (χ1v) is 7.79.